The molecule has 1 heterocycles. The van der Waals surface area contributed by atoms with Crippen LogP contribution in [0.3, 0.4) is 0 Å². The second-order valence-electron chi connectivity index (χ2n) is 4.68. The summed E-state index contributed by atoms with van der Waals surface area (Å²) in [6.07, 6.45) is 6.59. The van der Waals surface area contributed by atoms with Crippen molar-refractivity contribution in [1.82, 2.24) is 9.97 Å². The summed E-state index contributed by atoms with van der Waals surface area (Å²) in [4.78, 5) is 8.58. The van der Waals surface area contributed by atoms with E-state index < -0.39 is 0 Å². The first-order valence-corrected chi connectivity index (χ1v) is 6.76. The number of hydrogen-bond donors (Lipinski definition) is 2. The number of rotatable bonds is 5. The summed E-state index contributed by atoms with van der Waals surface area (Å²) in [5.74, 6) is 1.79. The van der Waals surface area contributed by atoms with E-state index >= 15 is 0 Å². The Morgan fingerprint density at radius 1 is 1.44 bits per heavy atom. The van der Waals surface area contributed by atoms with Gasteiger partial charge < -0.3 is 15.8 Å². The fraction of sp³-hybridized carbons (Fsp3) is 0.692. The summed E-state index contributed by atoms with van der Waals surface area (Å²) in [6.45, 7) is 3.29. The number of nitrogens with zero attached hydrogens (tertiary/aromatic N) is 2. The zero-order valence-electron chi connectivity index (χ0n) is 10.9. The van der Waals surface area contributed by atoms with Crippen LogP contribution in [0.4, 0.5) is 5.95 Å². The average molecular weight is 250 g/mol. The van der Waals surface area contributed by atoms with Crippen LogP contribution in [0.1, 0.15) is 32.6 Å². The molecule has 1 aromatic heterocycles. The van der Waals surface area contributed by atoms with Crippen LogP contribution in [0, 0.1) is 5.92 Å². The van der Waals surface area contributed by atoms with Gasteiger partial charge in [0, 0.05) is 18.3 Å². The lowest BCUT2D eigenvalue weighted by atomic mass is 9.84. The summed E-state index contributed by atoms with van der Waals surface area (Å²) in [7, 11) is 0. The largest absolute Gasteiger partial charge is 0.478 e. The Morgan fingerprint density at radius 2 is 2.28 bits per heavy atom. The van der Waals surface area contributed by atoms with Crippen molar-refractivity contribution in [3.8, 4) is 5.88 Å². The van der Waals surface area contributed by atoms with Crippen molar-refractivity contribution in [3.63, 3.8) is 0 Å². The van der Waals surface area contributed by atoms with Gasteiger partial charge in [-0.15, -0.1) is 0 Å². The van der Waals surface area contributed by atoms with Gasteiger partial charge in [0.25, 0.3) is 0 Å². The molecule has 1 saturated carbocycles. The van der Waals surface area contributed by atoms with E-state index in [1.165, 1.54) is 19.3 Å². The Bertz CT molecular complexity index is 372. The molecule has 5 nitrogen and oxygen atoms in total. The Labute approximate surface area is 108 Å². The molecular formula is C13H22N4O. The standard InChI is InChI=1S/C13H22N4O/c1-2-18-12-7-8-15-13(17-12)16-11-6-4-3-5-10(11)9-14/h7-8,10-11H,2-6,9,14H2,1H3,(H,15,16,17). The molecule has 1 aliphatic rings. The minimum Gasteiger partial charge on any atom is -0.478 e. The summed E-state index contributed by atoms with van der Waals surface area (Å²) in [6, 6.07) is 2.16. The molecule has 2 rings (SSSR count). The van der Waals surface area contributed by atoms with Crippen molar-refractivity contribution in [2.75, 3.05) is 18.5 Å². The molecule has 0 radical (unpaired) electrons. The molecule has 2 unspecified atom stereocenters. The zero-order valence-corrected chi connectivity index (χ0v) is 10.9. The van der Waals surface area contributed by atoms with E-state index in [1.807, 2.05) is 6.92 Å². The minimum absolute atomic E-state index is 0.389. The molecule has 0 aromatic carbocycles. The third-order valence-electron chi connectivity index (χ3n) is 3.45. The lowest BCUT2D eigenvalue weighted by Crippen LogP contribution is -2.37. The molecule has 1 aromatic rings. The van der Waals surface area contributed by atoms with Crippen LogP contribution in [0.5, 0.6) is 5.88 Å². The van der Waals surface area contributed by atoms with Crippen molar-refractivity contribution < 1.29 is 4.74 Å². The van der Waals surface area contributed by atoms with E-state index in [1.54, 1.807) is 12.3 Å². The molecule has 1 fully saturated rings. The highest BCUT2D eigenvalue weighted by Crippen LogP contribution is 2.25. The monoisotopic (exact) mass is 250 g/mol. The van der Waals surface area contributed by atoms with Crippen molar-refractivity contribution in [2.45, 2.75) is 38.6 Å². The summed E-state index contributed by atoms with van der Waals surface area (Å²) in [5.41, 5.74) is 5.82. The summed E-state index contributed by atoms with van der Waals surface area (Å²) >= 11 is 0. The Hall–Kier alpha value is -1.36. The number of hydrogen-bond acceptors (Lipinski definition) is 5. The molecule has 100 valence electrons. The molecule has 1 aliphatic carbocycles. The highest BCUT2D eigenvalue weighted by atomic mass is 16.5. The number of nitrogens with two attached hydrogens (primary N) is 1. The Balaban J connectivity index is 2.00. The second kappa shape index (κ2) is 6.54. The van der Waals surface area contributed by atoms with Gasteiger partial charge in [0.1, 0.15) is 0 Å². The highest BCUT2D eigenvalue weighted by molar-refractivity contribution is 5.29. The van der Waals surface area contributed by atoms with Gasteiger partial charge >= 0.3 is 0 Å². The lowest BCUT2D eigenvalue weighted by molar-refractivity contribution is 0.322. The molecule has 2 atom stereocenters. The molecular weight excluding hydrogens is 228 g/mol. The number of aromatic nitrogens is 2. The maximum absolute atomic E-state index is 5.82. The molecule has 0 amide bonds. The predicted molar refractivity (Wildman–Crippen MR) is 71.6 cm³/mol. The van der Waals surface area contributed by atoms with E-state index in [4.69, 9.17) is 10.5 Å². The average Bonchev–Trinajstić information content (AvgIpc) is 2.40. The van der Waals surface area contributed by atoms with E-state index in [9.17, 15) is 0 Å². The van der Waals surface area contributed by atoms with Gasteiger partial charge in [-0.1, -0.05) is 12.8 Å². The first kappa shape index (κ1) is 13.1. The van der Waals surface area contributed by atoms with Crippen molar-refractivity contribution in [3.05, 3.63) is 12.3 Å². The summed E-state index contributed by atoms with van der Waals surface area (Å²) < 4.78 is 5.37. The Morgan fingerprint density at radius 3 is 3.06 bits per heavy atom. The molecule has 0 bridgehead atoms. The van der Waals surface area contributed by atoms with Gasteiger partial charge in [-0.25, -0.2) is 4.98 Å². The highest BCUT2D eigenvalue weighted by Gasteiger charge is 2.24. The number of nitrogens with one attached hydrogen (secondary N) is 1. The van der Waals surface area contributed by atoms with Crippen LogP contribution in [-0.4, -0.2) is 29.2 Å². The minimum atomic E-state index is 0.389. The van der Waals surface area contributed by atoms with Crippen LogP contribution in [0.25, 0.3) is 0 Å². The quantitative estimate of drug-likeness (QED) is 0.833. The molecule has 18 heavy (non-hydrogen) atoms. The topological polar surface area (TPSA) is 73.1 Å². The summed E-state index contributed by atoms with van der Waals surface area (Å²) in [5, 5.41) is 3.40. The van der Waals surface area contributed by atoms with Gasteiger partial charge in [0.2, 0.25) is 11.8 Å². The van der Waals surface area contributed by atoms with Gasteiger partial charge in [-0.3, -0.25) is 0 Å². The fourth-order valence-electron chi connectivity index (χ4n) is 2.49. The van der Waals surface area contributed by atoms with Crippen molar-refractivity contribution >= 4 is 5.95 Å². The van der Waals surface area contributed by atoms with E-state index in [0.29, 0.717) is 30.4 Å². The second-order valence-corrected chi connectivity index (χ2v) is 4.68. The maximum atomic E-state index is 5.82. The predicted octanol–water partition coefficient (Wildman–Crippen LogP) is 1.80. The lowest BCUT2D eigenvalue weighted by Gasteiger charge is -2.31. The first-order valence-electron chi connectivity index (χ1n) is 6.76. The van der Waals surface area contributed by atoms with Crippen LogP contribution in [0.15, 0.2) is 12.3 Å². The van der Waals surface area contributed by atoms with Crippen LogP contribution >= 0.6 is 0 Å². The van der Waals surface area contributed by atoms with Gasteiger partial charge in [0.05, 0.1) is 6.61 Å². The van der Waals surface area contributed by atoms with Crippen LogP contribution < -0.4 is 15.8 Å². The van der Waals surface area contributed by atoms with E-state index in [2.05, 4.69) is 15.3 Å². The SMILES string of the molecule is CCOc1ccnc(NC2CCCCC2CN)n1. The molecule has 0 spiro atoms. The van der Waals surface area contributed by atoms with E-state index in [0.717, 1.165) is 13.0 Å². The third-order valence-corrected chi connectivity index (χ3v) is 3.45. The molecule has 5 heteroatoms. The molecule has 0 aliphatic heterocycles. The third kappa shape index (κ3) is 3.32. The molecule has 3 N–H and O–H groups in total. The zero-order chi connectivity index (χ0) is 12.8. The van der Waals surface area contributed by atoms with Gasteiger partial charge in [-0.2, -0.15) is 4.98 Å². The van der Waals surface area contributed by atoms with Crippen LogP contribution in [0.2, 0.25) is 0 Å². The number of anilines is 1. The van der Waals surface area contributed by atoms with Crippen molar-refractivity contribution in [2.24, 2.45) is 11.7 Å². The normalized spacial score (nSPS) is 23.7. The van der Waals surface area contributed by atoms with Gasteiger partial charge in [-0.05, 0) is 32.2 Å². The van der Waals surface area contributed by atoms with E-state index in [-0.39, 0.29) is 0 Å². The smallest absolute Gasteiger partial charge is 0.226 e. The van der Waals surface area contributed by atoms with Crippen LogP contribution in [-0.2, 0) is 0 Å². The Kier molecular flexibility index (Phi) is 4.75. The molecule has 0 saturated heterocycles. The maximum Gasteiger partial charge on any atom is 0.226 e. The number of ether oxygens (including phenoxy) is 1. The first-order chi connectivity index (χ1) is 8.83. The van der Waals surface area contributed by atoms with Gasteiger partial charge in [0.15, 0.2) is 0 Å². The fourth-order valence-corrected chi connectivity index (χ4v) is 2.49. The van der Waals surface area contributed by atoms with Crippen molar-refractivity contribution in [1.29, 1.82) is 0 Å².